The Labute approximate surface area is 169 Å². The molecule has 0 radical (unpaired) electrons. The number of amides is 1. The number of nitrogens with zero attached hydrogens (tertiary/aromatic N) is 1. The largest absolute Gasteiger partial charge is 0.497 e. The number of anilines is 1. The summed E-state index contributed by atoms with van der Waals surface area (Å²) < 4.78 is 22.3. The van der Waals surface area contributed by atoms with Crippen LogP contribution in [0.3, 0.4) is 0 Å². The molecule has 3 aromatic rings. The molecule has 27 heavy (non-hydrogen) atoms. The molecule has 0 fully saturated rings. The van der Waals surface area contributed by atoms with Gasteiger partial charge in [0.15, 0.2) is 11.5 Å². The molecule has 7 heteroatoms. The summed E-state index contributed by atoms with van der Waals surface area (Å²) in [7, 11) is 1.62. The molecular weight excluding hydrogens is 461 g/mol. The highest BCUT2D eigenvalue weighted by Gasteiger charge is 2.26. The Morgan fingerprint density at radius 3 is 2.56 bits per heavy atom. The van der Waals surface area contributed by atoms with Crippen LogP contribution in [0.25, 0.3) is 0 Å². The van der Waals surface area contributed by atoms with Gasteiger partial charge in [0.25, 0.3) is 5.91 Å². The summed E-state index contributed by atoms with van der Waals surface area (Å²) in [6.45, 7) is 0.525. The van der Waals surface area contributed by atoms with E-state index in [2.05, 4.69) is 22.6 Å². The average molecular weight is 477 g/mol. The maximum absolute atomic E-state index is 13.3. The highest BCUT2D eigenvalue weighted by Crippen LogP contribution is 2.36. The first-order valence-corrected chi connectivity index (χ1v) is 9.31. The van der Waals surface area contributed by atoms with Gasteiger partial charge in [0, 0.05) is 9.64 Å². The number of rotatable bonds is 5. The standard InChI is InChI=1S/C20H16INO5/c1-24-14-6-4-13(5-7-14)11-22(19-3-2-8-25-19)20(23)15-9-17-18(10-16(15)21)27-12-26-17/h2-10H,11-12H2,1H3. The highest BCUT2D eigenvalue weighted by molar-refractivity contribution is 14.1. The molecule has 0 bridgehead atoms. The van der Waals surface area contributed by atoms with Crippen LogP contribution in [0.5, 0.6) is 17.2 Å². The number of hydrogen-bond acceptors (Lipinski definition) is 5. The second-order valence-corrected chi connectivity index (χ2v) is 7.04. The monoisotopic (exact) mass is 477 g/mol. The molecule has 0 N–H and O–H groups in total. The predicted molar refractivity (Wildman–Crippen MR) is 107 cm³/mol. The summed E-state index contributed by atoms with van der Waals surface area (Å²) in [6, 6.07) is 14.6. The fourth-order valence-electron chi connectivity index (χ4n) is 2.81. The number of carbonyl (C=O) groups is 1. The molecule has 1 aromatic heterocycles. The normalized spacial score (nSPS) is 12.1. The van der Waals surface area contributed by atoms with Crippen molar-refractivity contribution < 1.29 is 23.4 Å². The van der Waals surface area contributed by atoms with E-state index in [0.717, 1.165) is 14.9 Å². The zero-order valence-corrected chi connectivity index (χ0v) is 16.6. The quantitative estimate of drug-likeness (QED) is 0.508. The maximum atomic E-state index is 13.3. The van der Waals surface area contributed by atoms with E-state index >= 15 is 0 Å². The number of carbonyl (C=O) groups excluding carboxylic acids is 1. The Hall–Kier alpha value is -2.68. The fraction of sp³-hybridized carbons (Fsp3) is 0.150. The molecule has 1 amide bonds. The van der Waals surface area contributed by atoms with Crippen molar-refractivity contribution in [3.63, 3.8) is 0 Å². The first-order valence-electron chi connectivity index (χ1n) is 8.23. The van der Waals surface area contributed by atoms with Gasteiger partial charge in [-0.05, 0) is 58.5 Å². The van der Waals surface area contributed by atoms with Crippen molar-refractivity contribution in [1.82, 2.24) is 0 Å². The minimum absolute atomic E-state index is 0.163. The van der Waals surface area contributed by atoms with Crippen molar-refractivity contribution in [2.24, 2.45) is 0 Å². The lowest BCUT2D eigenvalue weighted by Gasteiger charge is -2.21. The minimum Gasteiger partial charge on any atom is -0.497 e. The fourth-order valence-corrected chi connectivity index (χ4v) is 3.48. The minimum atomic E-state index is -0.177. The summed E-state index contributed by atoms with van der Waals surface area (Å²) >= 11 is 2.13. The molecule has 1 aliphatic rings. The third-order valence-corrected chi connectivity index (χ3v) is 5.10. The summed E-state index contributed by atoms with van der Waals surface area (Å²) in [5, 5.41) is 0. The Morgan fingerprint density at radius 1 is 1.15 bits per heavy atom. The number of methoxy groups -OCH3 is 1. The number of hydrogen-bond donors (Lipinski definition) is 0. The van der Waals surface area contributed by atoms with Crippen LogP contribution in [0.2, 0.25) is 0 Å². The molecule has 0 saturated carbocycles. The van der Waals surface area contributed by atoms with E-state index in [9.17, 15) is 4.79 Å². The van der Waals surface area contributed by atoms with Crippen LogP contribution in [-0.4, -0.2) is 19.8 Å². The number of furan rings is 1. The van der Waals surface area contributed by atoms with Crippen LogP contribution in [0, 0.1) is 3.57 Å². The molecule has 0 aliphatic carbocycles. The van der Waals surface area contributed by atoms with E-state index < -0.39 is 0 Å². The molecule has 4 rings (SSSR count). The van der Waals surface area contributed by atoms with Gasteiger partial charge in [-0.3, -0.25) is 9.69 Å². The number of fused-ring (bicyclic) bond motifs is 1. The lowest BCUT2D eigenvalue weighted by molar-refractivity contribution is 0.0979. The van der Waals surface area contributed by atoms with E-state index in [0.29, 0.717) is 29.5 Å². The van der Waals surface area contributed by atoms with Crippen LogP contribution >= 0.6 is 22.6 Å². The van der Waals surface area contributed by atoms with Gasteiger partial charge in [-0.1, -0.05) is 12.1 Å². The van der Waals surface area contributed by atoms with E-state index in [1.54, 1.807) is 36.5 Å². The zero-order valence-electron chi connectivity index (χ0n) is 14.5. The number of halogens is 1. The van der Waals surface area contributed by atoms with Gasteiger partial charge in [0.2, 0.25) is 12.7 Å². The Bertz CT molecular complexity index is 953. The van der Waals surface area contributed by atoms with Gasteiger partial charge in [0.1, 0.15) is 5.75 Å². The Balaban J connectivity index is 1.67. The van der Waals surface area contributed by atoms with E-state index in [1.807, 2.05) is 30.3 Å². The summed E-state index contributed by atoms with van der Waals surface area (Å²) in [4.78, 5) is 14.9. The van der Waals surface area contributed by atoms with Crippen LogP contribution < -0.4 is 19.1 Å². The molecule has 2 heterocycles. The Kier molecular flexibility index (Phi) is 4.93. The SMILES string of the molecule is COc1ccc(CN(C(=O)c2cc3c(cc2I)OCO3)c2ccco2)cc1. The van der Waals surface area contributed by atoms with Crippen molar-refractivity contribution >= 4 is 34.4 Å². The molecule has 0 unspecified atom stereocenters. The molecule has 1 aliphatic heterocycles. The van der Waals surface area contributed by atoms with E-state index in [1.165, 1.54) is 0 Å². The third kappa shape index (κ3) is 3.59. The van der Waals surface area contributed by atoms with Gasteiger partial charge >= 0.3 is 0 Å². The Morgan fingerprint density at radius 2 is 1.89 bits per heavy atom. The lowest BCUT2D eigenvalue weighted by Crippen LogP contribution is -2.30. The average Bonchev–Trinajstić information content (AvgIpc) is 3.37. The highest BCUT2D eigenvalue weighted by atomic mass is 127. The summed E-state index contributed by atoms with van der Waals surface area (Å²) in [5.41, 5.74) is 1.49. The van der Waals surface area contributed by atoms with Crippen molar-refractivity contribution in [3.05, 3.63) is 69.5 Å². The molecule has 0 saturated heterocycles. The van der Waals surface area contributed by atoms with Crippen molar-refractivity contribution in [2.45, 2.75) is 6.54 Å². The van der Waals surface area contributed by atoms with Gasteiger partial charge < -0.3 is 18.6 Å². The van der Waals surface area contributed by atoms with Gasteiger partial charge in [0.05, 0.1) is 25.5 Å². The zero-order chi connectivity index (χ0) is 18.8. The van der Waals surface area contributed by atoms with Crippen molar-refractivity contribution in [2.75, 3.05) is 18.8 Å². The van der Waals surface area contributed by atoms with Gasteiger partial charge in [-0.25, -0.2) is 0 Å². The lowest BCUT2D eigenvalue weighted by atomic mass is 10.1. The summed E-state index contributed by atoms with van der Waals surface area (Å²) in [5.74, 6) is 2.28. The molecule has 0 atom stereocenters. The van der Waals surface area contributed by atoms with E-state index in [-0.39, 0.29) is 12.7 Å². The smallest absolute Gasteiger partial charge is 0.262 e. The van der Waals surface area contributed by atoms with Crippen molar-refractivity contribution in [3.8, 4) is 17.2 Å². The maximum Gasteiger partial charge on any atom is 0.262 e. The van der Waals surface area contributed by atoms with Crippen LogP contribution in [-0.2, 0) is 6.54 Å². The van der Waals surface area contributed by atoms with Crippen LogP contribution in [0.15, 0.2) is 59.2 Å². The van der Waals surface area contributed by atoms with Gasteiger partial charge in [-0.2, -0.15) is 0 Å². The second kappa shape index (κ2) is 7.51. The van der Waals surface area contributed by atoms with Crippen molar-refractivity contribution in [1.29, 1.82) is 0 Å². The topological polar surface area (TPSA) is 61.1 Å². The molecule has 0 spiro atoms. The van der Waals surface area contributed by atoms with Crippen LogP contribution in [0.4, 0.5) is 5.88 Å². The molecule has 6 nitrogen and oxygen atoms in total. The molecule has 2 aromatic carbocycles. The third-order valence-electron chi connectivity index (χ3n) is 4.21. The van der Waals surface area contributed by atoms with Gasteiger partial charge in [-0.15, -0.1) is 0 Å². The predicted octanol–water partition coefficient (Wildman–Crippen LogP) is 4.47. The number of benzene rings is 2. The second-order valence-electron chi connectivity index (χ2n) is 5.88. The first kappa shape index (κ1) is 17.7. The number of ether oxygens (including phenoxy) is 3. The molecule has 138 valence electrons. The first-order chi connectivity index (χ1) is 13.2. The van der Waals surface area contributed by atoms with E-state index in [4.69, 9.17) is 18.6 Å². The molecular formula is C20H16INO5. The summed E-state index contributed by atoms with van der Waals surface area (Å²) in [6.07, 6.45) is 1.55. The van der Waals surface area contributed by atoms with Crippen LogP contribution in [0.1, 0.15) is 15.9 Å².